The first-order valence-corrected chi connectivity index (χ1v) is 9.76. The maximum Gasteiger partial charge on any atom is 0.261 e. The predicted octanol–water partition coefficient (Wildman–Crippen LogP) is 4.30. The summed E-state index contributed by atoms with van der Waals surface area (Å²) in [5.74, 6) is 0.0696. The Morgan fingerprint density at radius 2 is 2.05 bits per heavy atom. The number of carbonyl (C=O) groups excluding carboxylic acids is 1. The molecule has 106 valence electrons. The van der Waals surface area contributed by atoms with Gasteiger partial charge in [0.05, 0.1) is 10.4 Å². The first kappa shape index (κ1) is 15.5. The summed E-state index contributed by atoms with van der Waals surface area (Å²) < 4.78 is 0. The Labute approximate surface area is 135 Å². The number of halogens is 2. The van der Waals surface area contributed by atoms with Gasteiger partial charge in [-0.15, -0.1) is 11.3 Å². The third-order valence-electron chi connectivity index (χ3n) is 3.79. The van der Waals surface area contributed by atoms with Gasteiger partial charge in [-0.1, -0.05) is 38.8 Å². The Bertz CT molecular complexity index is 423. The molecule has 0 saturated heterocycles. The molecule has 0 saturated carbocycles. The monoisotopic (exact) mass is 407 g/mol. The van der Waals surface area contributed by atoms with Gasteiger partial charge in [-0.25, -0.2) is 0 Å². The summed E-state index contributed by atoms with van der Waals surface area (Å²) >= 11 is 8.69. The van der Waals surface area contributed by atoms with Crippen LogP contribution in [0.2, 0.25) is 0 Å². The number of alkyl halides is 2. The highest BCUT2D eigenvalue weighted by Gasteiger charge is 2.29. The van der Waals surface area contributed by atoms with Crippen molar-refractivity contribution in [2.24, 2.45) is 0 Å². The number of hydrogen-bond donors (Lipinski definition) is 1. The molecule has 2 rings (SSSR count). The van der Waals surface area contributed by atoms with Crippen LogP contribution in [-0.4, -0.2) is 22.1 Å². The smallest absolute Gasteiger partial charge is 0.261 e. The molecule has 0 bridgehead atoms. The molecular formula is C14H19Br2NOS. The molecule has 1 N–H and O–H groups in total. The van der Waals surface area contributed by atoms with Gasteiger partial charge in [0.25, 0.3) is 5.91 Å². The average Bonchev–Trinajstić information content (AvgIpc) is 2.89. The van der Waals surface area contributed by atoms with E-state index < -0.39 is 0 Å². The van der Waals surface area contributed by atoms with Crippen molar-refractivity contribution in [2.75, 3.05) is 10.7 Å². The van der Waals surface area contributed by atoms with Gasteiger partial charge in [-0.2, -0.15) is 0 Å². The first-order valence-electron chi connectivity index (χ1n) is 6.70. The van der Waals surface area contributed by atoms with Crippen LogP contribution in [-0.2, 0) is 12.8 Å². The fraction of sp³-hybridized carbons (Fsp3) is 0.643. The summed E-state index contributed by atoms with van der Waals surface area (Å²) in [6.07, 6.45) is 5.70. The summed E-state index contributed by atoms with van der Waals surface area (Å²) in [5, 5.41) is 4.71. The number of aryl methyl sites for hydroxylation is 2. The molecule has 1 aliphatic carbocycles. The minimum Gasteiger partial charge on any atom is -0.344 e. The lowest BCUT2D eigenvalue weighted by Gasteiger charge is -2.29. The van der Waals surface area contributed by atoms with Crippen molar-refractivity contribution in [3.8, 4) is 0 Å². The topological polar surface area (TPSA) is 29.1 Å². The van der Waals surface area contributed by atoms with E-state index in [9.17, 15) is 4.79 Å². The van der Waals surface area contributed by atoms with Crippen LogP contribution in [0.4, 0.5) is 0 Å². The summed E-state index contributed by atoms with van der Waals surface area (Å²) in [6, 6.07) is 2.09. The Morgan fingerprint density at radius 1 is 1.37 bits per heavy atom. The maximum absolute atomic E-state index is 12.4. The number of carbonyl (C=O) groups is 1. The van der Waals surface area contributed by atoms with Crippen LogP contribution >= 0.6 is 43.2 Å². The standard InChI is InChI=1S/C14H19Br2NOS/c1-2-14(8-15,9-16)17-13(18)12-7-10-5-3-4-6-11(10)19-12/h7H,2-6,8-9H2,1H3,(H,17,18). The number of amides is 1. The van der Waals surface area contributed by atoms with Gasteiger partial charge in [0.15, 0.2) is 0 Å². The van der Waals surface area contributed by atoms with E-state index in [0.717, 1.165) is 34.8 Å². The number of hydrogen-bond acceptors (Lipinski definition) is 2. The lowest BCUT2D eigenvalue weighted by atomic mass is 9.99. The third-order valence-corrected chi connectivity index (χ3v) is 7.17. The van der Waals surface area contributed by atoms with E-state index in [1.54, 1.807) is 11.3 Å². The van der Waals surface area contributed by atoms with Crippen molar-refractivity contribution >= 4 is 49.1 Å². The van der Waals surface area contributed by atoms with Gasteiger partial charge >= 0.3 is 0 Å². The number of thiophene rings is 1. The van der Waals surface area contributed by atoms with Crippen molar-refractivity contribution in [2.45, 2.75) is 44.6 Å². The molecule has 1 aliphatic rings. The molecule has 0 fully saturated rings. The Morgan fingerprint density at radius 3 is 2.63 bits per heavy atom. The molecule has 0 atom stereocenters. The molecule has 0 spiro atoms. The second-order valence-electron chi connectivity index (χ2n) is 5.12. The van der Waals surface area contributed by atoms with Crippen LogP contribution in [0, 0.1) is 0 Å². The largest absolute Gasteiger partial charge is 0.344 e. The van der Waals surface area contributed by atoms with Gasteiger partial charge in [0.2, 0.25) is 0 Å². The SMILES string of the molecule is CCC(CBr)(CBr)NC(=O)c1cc2c(s1)CCCC2. The zero-order chi connectivity index (χ0) is 13.9. The van der Waals surface area contributed by atoms with Crippen LogP contribution in [0.3, 0.4) is 0 Å². The van der Waals surface area contributed by atoms with Crippen molar-refractivity contribution in [3.05, 3.63) is 21.4 Å². The predicted molar refractivity (Wildman–Crippen MR) is 89.0 cm³/mol. The van der Waals surface area contributed by atoms with Gasteiger partial charge in [0, 0.05) is 15.5 Å². The van der Waals surface area contributed by atoms with Crippen molar-refractivity contribution in [1.29, 1.82) is 0 Å². The normalized spacial score (nSPS) is 15.1. The van der Waals surface area contributed by atoms with Gasteiger partial charge in [0.1, 0.15) is 0 Å². The lowest BCUT2D eigenvalue weighted by molar-refractivity contribution is 0.0919. The minimum atomic E-state index is -0.193. The molecule has 1 amide bonds. The highest BCUT2D eigenvalue weighted by molar-refractivity contribution is 9.09. The van der Waals surface area contributed by atoms with E-state index in [2.05, 4.69) is 50.2 Å². The highest BCUT2D eigenvalue weighted by atomic mass is 79.9. The summed E-state index contributed by atoms with van der Waals surface area (Å²) in [5.41, 5.74) is 1.20. The van der Waals surface area contributed by atoms with Gasteiger partial charge in [-0.3, -0.25) is 4.79 Å². The molecule has 0 unspecified atom stereocenters. The Balaban J connectivity index is 2.13. The zero-order valence-corrected chi connectivity index (χ0v) is 15.1. The highest BCUT2D eigenvalue weighted by Crippen LogP contribution is 2.30. The van der Waals surface area contributed by atoms with Gasteiger partial charge < -0.3 is 5.32 Å². The summed E-state index contributed by atoms with van der Waals surface area (Å²) in [6.45, 7) is 2.10. The van der Waals surface area contributed by atoms with Crippen LogP contribution in [0.25, 0.3) is 0 Å². The van der Waals surface area contributed by atoms with E-state index in [1.165, 1.54) is 23.3 Å². The van der Waals surface area contributed by atoms with Crippen molar-refractivity contribution in [3.63, 3.8) is 0 Å². The zero-order valence-electron chi connectivity index (χ0n) is 11.1. The molecular weight excluding hydrogens is 390 g/mol. The molecule has 19 heavy (non-hydrogen) atoms. The summed E-state index contributed by atoms with van der Waals surface area (Å²) in [7, 11) is 0. The second kappa shape index (κ2) is 6.72. The molecule has 1 aromatic rings. The van der Waals surface area contributed by atoms with Crippen LogP contribution in [0.5, 0.6) is 0 Å². The number of rotatable bonds is 5. The average molecular weight is 409 g/mol. The van der Waals surface area contributed by atoms with Crippen LogP contribution < -0.4 is 5.32 Å². The van der Waals surface area contributed by atoms with Crippen LogP contribution in [0.15, 0.2) is 6.07 Å². The second-order valence-corrected chi connectivity index (χ2v) is 7.38. The molecule has 5 heteroatoms. The molecule has 0 aliphatic heterocycles. The van der Waals surface area contributed by atoms with E-state index in [4.69, 9.17) is 0 Å². The Hall–Kier alpha value is 0.130. The summed E-state index contributed by atoms with van der Waals surface area (Å²) in [4.78, 5) is 14.7. The quantitative estimate of drug-likeness (QED) is 0.723. The van der Waals surface area contributed by atoms with Crippen molar-refractivity contribution in [1.82, 2.24) is 5.32 Å². The number of fused-ring (bicyclic) bond motifs is 1. The lowest BCUT2D eigenvalue weighted by Crippen LogP contribution is -2.50. The van der Waals surface area contributed by atoms with E-state index >= 15 is 0 Å². The first-order chi connectivity index (χ1) is 9.14. The fourth-order valence-electron chi connectivity index (χ4n) is 2.28. The Kier molecular flexibility index (Phi) is 5.49. The van der Waals surface area contributed by atoms with Crippen LogP contribution in [0.1, 0.15) is 46.3 Å². The minimum absolute atomic E-state index is 0.0696. The maximum atomic E-state index is 12.4. The third kappa shape index (κ3) is 3.42. The fourth-order valence-corrected chi connectivity index (χ4v) is 5.44. The number of nitrogens with one attached hydrogen (secondary N) is 1. The molecule has 1 heterocycles. The van der Waals surface area contributed by atoms with E-state index in [-0.39, 0.29) is 11.4 Å². The van der Waals surface area contributed by atoms with E-state index in [0.29, 0.717) is 0 Å². The molecule has 0 aromatic carbocycles. The van der Waals surface area contributed by atoms with Gasteiger partial charge in [-0.05, 0) is 43.7 Å². The van der Waals surface area contributed by atoms with Crippen molar-refractivity contribution < 1.29 is 4.79 Å². The van der Waals surface area contributed by atoms with E-state index in [1.807, 2.05) is 0 Å². The molecule has 0 radical (unpaired) electrons. The molecule has 1 aromatic heterocycles. The molecule has 2 nitrogen and oxygen atoms in total.